The Morgan fingerprint density at radius 2 is 1.10 bits per heavy atom. The van der Waals surface area contributed by atoms with Gasteiger partial charge in [-0.15, -0.1) is 0 Å². The van der Waals surface area contributed by atoms with Crippen LogP contribution in [0.15, 0.2) is 158 Å². The molecule has 0 N–H and O–H groups in total. The minimum atomic E-state index is 0.0203. The monoisotopic (exact) mass is 656 g/mol. The summed E-state index contributed by atoms with van der Waals surface area (Å²) in [4.78, 5) is 8.14. The predicted octanol–water partition coefficient (Wildman–Crippen LogP) is 13.3. The summed E-state index contributed by atoms with van der Waals surface area (Å²) in [5.41, 5.74) is 11.1. The molecule has 7 aromatic carbocycles. The lowest BCUT2D eigenvalue weighted by Crippen LogP contribution is -2.54. The van der Waals surface area contributed by atoms with E-state index in [4.69, 9.17) is 4.98 Å². The van der Waals surface area contributed by atoms with Crippen LogP contribution in [0.2, 0.25) is 0 Å². The van der Waals surface area contributed by atoms with E-state index in [0.29, 0.717) is 0 Å². The molecule has 2 nitrogen and oxygen atoms in total. The summed E-state index contributed by atoms with van der Waals surface area (Å²) in [6.45, 7) is 5.01. The van der Waals surface area contributed by atoms with Crippen LogP contribution in [0.1, 0.15) is 45.1 Å². The fraction of sp³-hybridized carbons (Fsp3) is 0.163. The topological polar surface area (TPSA) is 16.1 Å². The number of hydrogen-bond acceptors (Lipinski definition) is 2. The van der Waals surface area contributed by atoms with Gasteiger partial charge in [-0.05, 0) is 105 Å². The standard InChI is InChI=1S/C49H40N2/c1-48-30-12-13-31-49(48,2)51(35-18-4-3-5-19-35)45-29-28-34(32-42(45)48)43-26-15-27-44(50-43)47-40-23-10-8-21-38(40)46(39-22-9-11-24-41(39)47)37-25-14-17-33-16-6-7-20-36(33)37/h3-11,14-29,32H,12-13,30-31H2,1-2H3. The third-order valence-corrected chi connectivity index (χ3v) is 12.4. The average Bonchev–Trinajstić information content (AvgIpc) is 3.39. The number of benzene rings is 7. The van der Waals surface area contributed by atoms with E-state index < -0.39 is 0 Å². The zero-order valence-electron chi connectivity index (χ0n) is 29.2. The molecule has 0 spiro atoms. The highest BCUT2D eigenvalue weighted by Gasteiger charge is 2.57. The number of pyridine rings is 1. The van der Waals surface area contributed by atoms with Crippen molar-refractivity contribution in [2.24, 2.45) is 0 Å². The fourth-order valence-electron chi connectivity index (χ4n) is 9.75. The molecule has 0 amide bonds. The molecule has 2 atom stereocenters. The van der Waals surface area contributed by atoms with Crippen LogP contribution in [0.4, 0.5) is 11.4 Å². The molecular formula is C49H40N2. The number of para-hydroxylation sites is 1. The molecule has 246 valence electrons. The lowest BCUT2D eigenvalue weighted by atomic mass is 9.61. The van der Waals surface area contributed by atoms with Crippen LogP contribution >= 0.6 is 0 Å². The Morgan fingerprint density at radius 3 is 1.84 bits per heavy atom. The van der Waals surface area contributed by atoms with Gasteiger partial charge in [-0.1, -0.05) is 141 Å². The van der Waals surface area contributed by atoms with Gasteiger partial charge < -0.3 is 4.90 Å². The van der Waals surface area contributed by atoms with Crippen molar-refractivity contribution in [3.8, 4) is 33.6 Å². The van der Waals surface area contributed by atoms with E-state index in [1.54, 1.807) is 0 Å². The van der Waals surface area contributed by atoms with Crippen molar-refractivity contribution in [2.75, 3.05) is 4.90 Å². The first kappa shape index (κ1) is 30.1. The smallest absolute Gasteiger partial charge is 0.0722 e. The highest BCUT2D eigenvalue weighted by Crippen LogP contribution is 2.61. The van der Waals surface area contributed by atoms with Crippen LogP contribution in [0.25, 0.3) is 66.0 Å². The predicted molar refractivity (Wildman–Crippen MR) is 216 cm³/mol. The number of fused-ring (bicyclic) bond motifs is 6. The van der Waals surface area contributed by atoms with Crippen molar-refractivity contribution in [3.63, 3.8) is 0 Å². The van der Waals surface area contributed by atoms with E-state index >= 15 is 0 Å². The maximum Gasteiger partial charge on any atom is 0.0722 e. The van der Waals surface area contributed by atoms with E-state index in [1.165, 1.54) is 97.2 Å². The minimum Gasteiger partial charge on any atom is -0.334 e. The van der Waals surface area contributed by atoms with Crippen molar-refractivity contribution < 1.29 is 0 Å². The number of aromatic nitrogens is 1. The summed E-state index contributed by atoms with van der Waals surface area (Å²) < 4.78 is 0. The summed E-state index contributed by atoms with van der Waals surface area (Å²) >= 11 is 0. The Morgan fingerprint density at radius 1 is 0.510 bits per heavy atom. The van der Waals surface area contributed by atoms with Gasteiger partial charge in [-0.25, -0.2) is 4.98 Å². The first-order valence-corrected chi connectivity index (χ1v) is 18.4. The van der Waals surface area contributed by atoms with Gasteiger partial charge in [0, 0.05) is 27.9 Å². The van der Waals surface area contributed by atoms with E-state index in [0.717, 1.165) is 11.4 Å². The molecule has 0 saturated heterocycles. The van der Waals surface area contributed by atoms with Crippen molar-refractivity contribution in [3.05, 3.63) is 163 Å². The van der Waals surface area contributed by atoms with Gasteiger partial charge in [0.2, 0.25) is 0 Å². The maximum absolute atomic E-state index is 5.50. The van der Waals surface area contributed by atoms with Gasteiger partial charge >= 0.3 is 0 Å². The van der Waals surface area contributed by atoms with Gasteiger partial charge in [-0.2, -0.15) is 0 Å². The van der Waals surface area contributed by atoms with Crippen molar-refractivity contribution in [1.82, 2.24) is 4.98 Å². The Labute approximate surface area is 300 Å². The number of nitrogens with zero attached hydrogens (tertiary/aromatic N) is 2. The van der Waals surface area contributed by atoms with E-state index in [-0.39, 0.29) is 11.0 Å². The van der Waals surface area contributed by atoms with Crippen LogP contribution in [-0.2, 0) is 5.41 Å². The Hall–Kier alpha value is -5.73. The lowest BCUT2D eigenvalue weighted by molar-refractivity contribution is 0.195. The highest BCUT2D eigenvalue weighted by atomic mass is 15.3. The molecule has 2 aliphatic rings. The summed E-state index contributed by atoms with van der Waals surface area (Å²) in [6.07, 6.45) is 4.91. The molecule has 1 aromatic heterocycles. The van der Waals surface area contributed by atoms with Crippen LogP contribution in [0.3, 0.4) is 0 Å². The normalized spacial score (nSPS) is 19.8. The molecular weight excluding hydrogens is 617 g/mol. The van der Waals surface area contributed by atoms with Gasteiger partial charge in [0.25, 0.3) is 0 Å². The van der Waals surface area contributed by atoms with Gasteiger partial charge in [-0.3, -0.25) is 0 Å². The summed E-state index contributed by atoms with van der Waals surface area (Å²) in [5, 5.41) is 7.47. The van der Waals surface area contributed by atoms with Crippen molar-refractivity contribution in [1.29, 1.82) is 0 Å². The fourth-order valence-corrected chi connectivity index (χ4v) is 9.75. The SMILES string of the molecule is CC12CCCCC1(C)N(c1ccccc1)c1ccc(-c3cccc(-c4c5ccccc5c(-c5cccc6ccccc56)c5ccccc45)n3)cc12. The Balaban J connectivity index is 1.16. The molecule has 2 heteroatoms. The second-order valence-electron chi connectivity index (χ2n) is 15.0. The third-order valence-electron chi connectivity index (χ3n) is 12.4. The van der Waals surface area contributed by atoms with E-state index in [9.17, 15) is 0 Å². The Bertz CT molecular complexity index is 2580. The zero-order valence-corrected chi connectivity index (χ0v) is 29.2. The highest BCUT2D eigenvalue weighted by molar-refractivity contribution is 6.23. The Kier molecular flexibility index (Phi) is 6.73. The molecule has 1 fully saturated rings. The quantitative estimate of drug-likeness (QED) is 0.175. The molecule has 2 unspecified atom stereocenters. The molecule has 1 aliphatic heterocycles. The molecule has 2 heterocycles. The molecule has 51 heavy (non-hydrogen) atoms. The molecule has 0 bridgehead atoms. The second kappa shape index (κ2) is 11.4. The number of anilines is 2. The molecule has 8 aromatic rings. The summed E-state index contributed by atoms with van der Waals surface area (Å²) in [5.74, 6) is 0. The second-order valence-corrected chi connectivity index (χ2v) is 15.0. The average molecular weight is 657 g/mol. The zero-order chi connectivity index (χ0) is 34.2. The molecule has 1 aliphatic carbocycles. The van der Waals surface area contributed by atoms with Crippen LogP contribution in [0.5, 0.6) is 0 Å². The van der Waals surface area contributed by atoms with Crippen LogP contribution in [0, 0.1) is 0 Å². The van der Waals surface area contributed by atoms with Gasteiger partial charge in [0.1, 0.15) is 0 Å². The molecule has 1 saturated carbocycles. The number of rotatable bonds is 4. The van der Waals surface area contributed by atoms with Gasteiger partial charge in [0.15, 0.2) is 0 Å². The lowest BCUT2D eigenvalue weighted by Gasteiger charge is -2.50. The largest absolute Gasteiger partial charge is 0.334 e. The van der Waals surface area contributed by atoms with Crippen LogP contribution < -0.4 is 4.90 Å². The van der Waals surface area contributed by atoms with Gasteiger partial charge in [0.05, 0.1) is 16.9 Å². The van der Waals surface area contributed by atoms with E-state index in [2.05, 4.69) is 176 Å². The first-order valence-electron chi connectivity index (χ1n) is 18.4. The summed E-state index contributed by atoms with van der Waals surface area (Å²) in [6, 6.07) is 57.9. The van der Waals surface area contributed by atoms with Crippen molar-refractivity contribution in [2.45, 2.75) is 50.5 Å². The first-order chi connectivity index (χ1) is 25.0. The van der Waals surface area contributed by atoms with E-state index in [1.807, 2.05) is 0 Å². The van der Waals surface area contributed by atoms with Crippen LogP contribution in [-0.4, -0.2) is 10.5 Å². The van der Waals surface area contributed by atoms with Crippen molar-refractivity contribution >= 4 is 43.7 Å². The number of hydrogen-bond donors (Lipinski definition) is 0. The molecule has 0 radical (unpaired) electrons. The molecule has 10 rings (SSSR count). The summed E-state index contributed by atoms with van der Waals surface area (Å²) in [7, 11) is 0. The minimum absolute atomic E-state index is 0.0203. The maximum atomic E-state index is 5.50. The third kappa shape index (κ3) is 4.39.